The molecule has 2 rings (SSSR count). The first-order valence-corrected chi connectivity index (χ1v) is 8.70. The van der Waals surface area contributed by atoms with Gasteiger partial charge in [-0.2, -0.15) is 0 Å². The van der Waals surface area contributed by atoms with Gasteiger partial charge in [0.15, 0.2) is 0 Å². The molecule has 2 atom stereocenters. The lowest BCUT2D eigenvalue weighted by Gasteiger charge is -2.24. The first kappa shape index (κ1) is 19.5. The molecule has 25 heavy (non-hydrogen) atoms. The van der Waals surface area contributed by atoms with Crippen LogP contribution in [0.2, 0.25) is 0 Å². The van der Waals surface area contributed by atoms with Crippen molar-refractivity contribution in [2.24, 2.45) is 5.92 Å². The number of halogens is 1. The summed E-state index contributed by atoms with van der Waals surface area (Å²) in [5, 5.41) is 0. The number of likely N-dealkylation sites (tertiary alicyclic amines) is 1. The van der Waals surface area contributed by atoms with Gasteiger partial charge in [-0.3, -0.25) is 9.78 Å². The van der Waals surface area contributed by atoms with E-state index in [1.807, 2.05) is 0 Å². The maximum Gasteiger partial charge on any atom is 0.410 e. The molecule has 0 spiro atoms. The standard InChI is InChI=1S/C17H23BrN2O5/c1-17(2,3)25-16(22)20-8-11(12(9-20)15(21)24-5)14-13(23-4)6-10(18)7-19-14/h6-7,11-12H,8-9H2,1-5H3/t11-,12-/m1/s1. The predicted molar refractivity (Wildman–Crippen MR) is 94.5 cm³/mol. The lowest BCUT2D eigenvalue weighted by molar-refractivity contribution is -0.145. The molecular weight excluding hydrogens is 392 g/mol. The van der Waals surface area contributed by atoms with E-state index < -0.39 is 17.6 Å². The Morgan fingerprint density at radius 2 is 1.96 bits per heavy atom. The summed E-state index contributed by atoms with van der Waals surface area (Å²) in [4.78, 5) is 30.6. The molecule has 138 valence electrons. The molecule has 1 fully saturated rings. The first-order chi connectivity index (χ1) is 11.7. The van der Waals surface area contributed by atoms with E-state index >= 15 is 0 Å². The Balaban J connectivity index is 2.32. The number of aromatic nitrogens is 1. The number of carbonyl (C=O) groups excluding carboxylic acids is 2. The molecule has 0 aliphatic carbocycles. The van der Waals surface area contributed by atoms with Gasteiger partial charge in [0.1, 0.15) is 11.4 Å². The molecule has 1 aromatic rings. The fourth-order valence-corrected chi connectivity index (χ4v) is 3.13. The van der Waals surface area contributed by atoms with Crippen molar-refractivity contribution >= 4 is 28.0 Å². The SMILES string of the molecule is COC(=O)[C@@H]1CN(C(=O)OC(C)(C)C)C[C@H]1c1ncc(Br)cc1OC. The van der Waals surface area contributed by atoms with Gasteiger partial charge in [0.05, 0.1) is 25.8 Å². The van der Waals surface area contributed by atoms with Gasteiger partial charge in [-0.15, -0.1) is 0 Å². The van der Waals surface area contributed by atoms with E-state index in [1.54, 1.807) is 40.1 Å². The number of hydrogen-bond acceptors (Lipinski definition) is 6. The van der Waals surface area contributed by atoms with Gasteiger partial charge in [-0.25, -0.2) is 4.79 Å². The molecule has 1 aliphatic heterocycles. The number of amides is 1. The van der Waals surface area contributed by atoms with E-state index in [9.17, 15) is 9.59 Å². The van der Waals surface area contributed by atoms with Crippen molar-refractivity contribution in [3.63, 3.8) is 0 Å². The Morgan fingerprint density at radius 1 is 1.28 bits per heavy atom. The normalized spacial score (nSPS) is 20.3. The zero-order chi connectivity index (χ0) is 18.8. The van der Waals surface area contributed by atoms with E-state index in [4.69, 9.17) is 14.2 Å². The Kier molecular flexibility index (Phi) is 5.92. The van der Waals surface area contributed by atoms with Crippen LogP contribution in [0, 0.1) is 5.92 Å². The summed E-state index contributed by atoms with van der Waals surface area (Å²) in [6.07, 6.45) is 1.18. The van der Waals surface area contributed by atoms with Crippen LogP contribution < -0.4 is 4.74 Å². The number of nitrogens with zero attached hydrogens (tertiary/aromatic N) is 2. The molecule has 0 N–H and O–H groups in total. The van der Waals surface area contributed by atoms with Crippen LogP contribution in [-0.4, -0.2) is 54.9 Å². The van der Waals surface area contributed by atoms with Crippen molar-refractivity contribution < 1.29 is 23.8 Å². The molecule has 1 aliphatic rings. The van der Waals surface area contributed by atoms with E-state index in [0.717, 1.165) is 4.47 Å². The average Bonchev–Trinajstić information content (AvgIpc) is 2.97. The summed E-state index contributed by atoms with van der Waals surface area (Å²) >= 11 is 3.35. The Hall–Kier alpha value is -1.83. The average molecular weight is 415 g/mol. The highest BCUT2D eigenvalue weighted by molar-refractivity contribution is 9.10. The minimum atomic E-state index is -0.608. The number of ether oxygens (including phenoxy) is 3. The van der Waals surface area contributed by atoms with Crippen molar-refractivity contribution in [2.45, 2.75) is 32.3 Å². The number of carbonyl (C=O) groups is 2. The molecule has 0 saturated carbocycles. The monoisotopic (exact) mass is 414 g/mol. The summed E-state index contributed by atoms with van der Waals surface area (Å²) in [5.41, 5.74) is 0.0101. The highest BCUT2D eigenvalue weighted by Crippen LogP contribution is 2.38. The summed E-state index contributed by atoms with van der Waals surface area (Å²) < 4.78 is 16.5. The van der Waals surface area contributed by atoms with Crippen molar-refractivity contribution in [3.8, 4) is 5.75 Å². The summed E-state index contributed by atoms with van der Waals surface area (Å²) in [6, 6.07) is 1.78. The van der Waals surface area contributed by atoms with Crippen LogP contribution >= 0.6 is 15.9 Å². The minimum absolute atomic E-state index is 0.215. The summed E-state index contributed by atoms with van der Waals surface area (Å²) in [7, 11) is 2.88. The van der Waals surface area contributed by atoms with Gasteiger partial charge >= 0.3 is 12.1 Å². The predicted octanol–water partition coefficient (Wildman–Crippen LogP) is 2.98. The lowest BCUT2D eigenvalue weighted by Crippen LogP contribution is -2.36. The molecule has 1 aromatic heterocycles. The van der Waals surface area contributed by atoms with Crippen LogP contribution in [-0.2, 0) is 14.3 Å². The molecule has 0 unspecified atom stereocenters. The Bertz CT molecular complexity index is 659. The van der Waals surface area contributed by atoms with E-state index in [0.29, 0.717) is 18.0 Å². The van der Waals surface area contributed by atoms with Gasteiger partial charge in [0, 0.05) is 29.7 Å². The highest BCUT2D eigenvalue weighted by atomic mass is 79.9. The molecule has 0 aromatic carbocycles. The van der Waals surface area contributed by atoms with Crippen molar-refractivity contribution in [1.82, 2.24) is 9.88 Å². The lowest BCUT2D eigenvalue weighted by atomic mass is 9.92. The fraction of sp³-hybridized carbons (Fsp3) is 0.588. The van der Waals surface area contributed by atoms with E-state index in [2.05, 4.69) is 20.9 Å². The Morgan fingerprint density at radius 3 is 2.52 bits per heavy atom. The summed E-state index contributed by atoms with van der Waals surface area (Å²) in [6.45, 7) is 5.92. The number of esters is 1. The second-order valence-corrected chi connectivity index (χ2v) is 7.78. The fourth-order valence-electron chi connectivity index (χ4n) is 2.82. The smallest absolute Gasteiger partial charge is 0.410 e. The van der Waals surface area contributed by atoms with Gasteiger partial charge in [-0.1, -0.05) is 0 Å². The van der Waals surface area contributed by atoms with Crippen LogP contribution in [0.1, 0.15) is 32.4 Å². The second kappa shape index (κ2) is 7.59. The van der Waals surface area contributed by atoms with Crippen molar-refractivity contribution in [2.75, 3.05) is 27.3 Å². The Labute approximate surface area is 155 Å². The number of pyridine rings is 1. The van der Waals surface area contributed by atoms with Gasteiger partial charge < -0.3 is 19.1 Å². The van der Waals surface area contributed by atoms with Gasteiger partial charge in [-0.05, 0) is 42.8 Å². The van der Waals surface area contributed by atoms with Crippen LogP contribution in [0.4, 0.5) is 4.79 Å². The molecular formula is C17H23BrN2O5. The topological polar surface area (TPSA) is 78.0 Å². The molecule has 1 amide bonds. The van der Waals surface area contributed by atoms with Crippen LogP contribution in [0.25, 0.3) is 0 Å². The quantitative estimate of drug-likeness (QED) is 0.707. The van der Waals surface area contributed by atoms with Crippen molar-refractivity contribution in [3.05, 3.63) is 22.4 Å². The highest BCUT2D eigenvalue weighted by Gasteiger charge is 2.44. The van der Waals surface area contributed by atoms with Gasteiger partial charge in [0.2, 0.25) is 0 Å². The van der Waals surface area contributed by atoms with Crippen molar-refractivity contribution in [1.29, 1.82) is 0 Å². The van der Waals surface area contributed by atoms with Crippen LogP contribution in [0.5, 0.6) is 5.75 Å². The van der Waals surface area contributed by atoms with E-state index in [1.165, 1.54) is 12.0 Å². The zero-order valence-corrected chi connectivity index (χ0v) is 16.6. The largest absolute Gasteiger partial charge is 0.495 e. The van der Waals surface area contributed by atoms with Crippen LogP contribution in [0.3, 0.4) is 0 Å². The minimum Gasteiger partial charge on any atom is -0.495 e. The first-order valence-electron chi connectivity index (χ1n) is 7.91. The van der Waals surface area contributed by atoms with E-state index in [-0.39, 0.29) is 18.4 Å². The molecule has 0 bridgehead atoms. The number of hydrogen-bond donors (Lipinski definition) is 0. The van der Waals surface area contributed by atoms with Crippen LogP contribution in [0.15, 0.2) is 16.7 Å². The molecule has 7 nitrogen and oxygen atoms in total. The maximum atomic E-state index is 12.4. The molecule has 8 heteroatoms. The number of rotatable bonds is 3. The number of methoxy groups -OCH3 is 2. The maximum absolute atomic E-state index is 12.4. The zero-order valence-electron chi connectivity index (χ0n) is 15.0. The molecule has 1 saturated heterocycles. The third-order valence-corrected chi connectivity index (χ3v) is 4.33. The third-order valence-electron chi connectivity index (χ3n) is 3.90. The second-order valence-electron chi connectivity index (χ2n) is 6.86. The molecule has 2 heterocycles. The molecule has 0 radical (unpaired) electrons. The van der Waals surface area contributed by atoms with Gasteiger partial charge in [0.25, 0.3) is 0 Å². The third kappa shape index (κ3) is 4.62. The summed E-state index contributed by atoms with van der Waals surface area (Å²) in [5.74, 6) is -0.690.